The number of unbranched alkanes of at least 4 members (excludes halogenated alkanes) is 11. The van der Waals surface area contributed by atoms with Gasteiger partial charge in [0.05, 0.1) is 39.1 Å². The third-order valence-corrected chi connectivity index (χ3v) is 6.63. The Morgan fingerprint density at radius 2 is 1.42 bits per heavy atom. The second-order valence-electron chi connectivity index (χ2n) is 9.57. The molecule has 10 heteroatoms. The van der Waals surface area contributed by atoms with Crippen molar-refractivity contribution in [2.24, 2.45) is 4.99 Å². The van der Waals surface area contributed by atoms with Gasteiger partial charge >= 0.3 is 71.1 Å². The number of hydrogen-bond donors (Lipinski definition) is 2. The van der Waals surface area contributed by atoms with Gasteiger partial charge in [0, 0.05) is 6.08 Å². The largest absolute Gasteiger partial charge is 1.00 e. The van der Waals surface area contributed by atoms with Gasteiger partial charge in [0.15, 0.2) is 0 Å². The van der Waals surface area contributed by atoms with Gasteiger partial charge in [-0.2, -0.15) is 0 Å². The Morgan fingerprint density at radius 3 is 2.00 bits per heavy atom. The zero-order valence-electron chi connectivity index (χ0n) is 24.4. The minimum absolute atomic E-state index is 0. The van der Waals surface area contributed by atoms with E-state index in [1.807, 2.05) is 12.2 Å². The van der Waals surface area contributed by atoms with Crippen molar-refractivity contribution in [3.05, 3.63) is 24.3 Å². The first-order valence-electron chi connectivity index (χ1n) is 13.8. The van der Waals surface area contributed by atoms with Crippen LogP contribution in [0.3, 0.4) is 0 Å². The minimum atomic E-state index is -0.883. The molecule has 0 aromatic rings. The summed E-state index contributed by atoms with van der Waals surface area (Å²) in [7, 11) is 0. The van der Waals surface area contributed by atoms with Crippen LogP contribution in [0.2, 0.25) is 0 Å². The molecule has 0 bridgehead atoms. The van der Waals surface area contributed by atoms with Crippen LogP contribution in [0.4, 0.5) is 0 Å². The van der Waals surface area contributed by atoms with Crippen LogP contribution in [0, 0.1) is 0 Å². The second kappa shape index (κ2) is 28.5. The van der Waals surface area contributed by atoms with Gasteiger partial charge in [-0.05, 0) is 12.8 Å². The van der Waals surface area contributed by atoms with Crippen LogP contribution in [0.15, 0.2) is 29.3 Å². The molecule has 0 saturated heterocycles. The Hall–Kier alpha value is -0.0300. The maximum absolute atomic E-state index is 11.2. The number of nitrogens with zero attached hydrogens (tertiary/aromatic N) is 2. The fraction of sp³-hybridized carbons (Fsp3) is 0.750. The fourth-order valence-corrected chi connectivity index (χ4v) is 4.45. The van der Waals surface area contributed by atoms with E-state index in [9.17, 15) is 14.7 Å². The van der Waals surface area contributed by atoms with E-state index in [0.717, 1.165) is 18.8 Å². The Morgan fingerprint density at radius 1 is 0.842 bits per heavy atom. The van der Waals surface area contributed by atoms with E-state index in [2.05, 4.69) is 24.1 Å². The van der Waals surface area contributed by atoms with Crippen LogP contribution in [-0.4, -0.2) is 77.3 Å². The van der Waals surface area contributed by atoms with Gasteiger partial charge < -0.3 is 20.4 Å². The van der Waals surface area contributed by atoms with Crippen LogP contribution in [0.1, 0.15) is 96.8 Å². The number of carboxylic acids is 2. The Kier molecular flexibility index (Phi) is 31.8. The molecule has 8 nitrogen and oxygen atoms in total. The molecule has 1 aliphatic rings. The summed E-state index contributed by atoms with van der Waals surface area (Å²) in [4.78, 5) is 26.5. The summed E-state index contributed by atoms with van der Waals surface area (Å²) in [5.74, 6) is -0.824. The molecule has 1 atom stereocenters. The number of carbonyl (C=O) groups is 2. The van der Waals surface area contributed by atoms with Crippen molar-refractivity contribution in [1.82, 2.24) is 0 Å². The standard InChI is InChI=1S/C28H48N2O5.2Na.H2O/c1-2-3-4-5-6-7-8-9-10-11-12-13-14-15-16-17-26-29-20-22-30(26,21-18-27(31)32)23-25-35-24-19-28(33)34;;;/h14-17H,2-13,18-25H2,1H3,(H-,31,32,33,34);;;1H2/q;2*+1;. The third kappa shape index (κ3) is 21.8. The number of quaternary nitrogens is 1. The molecule has 0 fully saturated rings. The number of ether oxygens (including phenoxy) is 1. The predicted octanol–water partition coefficient (Wildman–Crippen LogP) is -0.174. The van der Waals surface area contributed by atoms with E-state index in [1.54, 1.807) is 0 Å². The van der Waals surface area contributed by atoms with Crippen LogP contribution in [0.25, 0.3) is 0 Å². The Labute approximate surface area is 274 Å². The number of hydrogen-bond acceptors (Lipinski definition) is 5. The third-order valence-electron chi connectivity index (χ3n) is 6.63. The van der Waals surface area contributed by atoms with Crippen molar-refractivity contribution in [1.29, 1.82) is 0 Å². The quantitative estimate of drug-likeness (QED) is 0.0779. The van der Waals surface area contributed by atoms with Crippen molar-refractivity contribution >= 4 is 17.8 Å². The number of rotatable bonds is 23. The summed E-state index contributed by atoms with van der Waals surface area (Å²) in [5.41, 5.74) is 0. The number of allylic oxidation sites excluding steroid dienone is 3. The van der Waals surface area contributed by atoms with Gasteiger partial charge in [0.25, 0.3) is 0 Å². The first kappa shape index (κ1) is 42.4. The molecule has 0 amide bonds. The van der Waals surface area contributed by atoms with Crippen molar-refractivity contribution in [3.63, 3.8) is 0 Å². The summed E-state index contributed by atoms with van der Waals surface area (Å²) in [6.45, 7) is 5.28. The number of amidine groups is 1. The van der Waals surface area contributed by atoms with E-state index in [1.165, 1.54) is 70.6 Å². The van der Waals surface area contributed by atoms with Gasteiger partial charge in [-0.1, -0.05) is 89.4 Å². The monoisotopic (exact) mass is 556 g/mol. The van der Waals surface area contributed by atoms with Gasteiger partial charge in [-0.3, -0.25) is 14.1 Å². The summed E-state index contributed by atoms with van der Waals surface area (Å²) < 4.78 is 5.96. The van der Waals surface area contributed by atoms with Crippen molar-refractivity contribution in [2.45, 2.75) is 96.8 Å². The first-order chi connectivity index (χ1) is 17.0. The molecule has 1 rings (SSSR count). The van der Waals surface area contributed by atoms with Gasteiger partial charge in [0.2, 0.25) is 5.84 Å². The summed E-state index contributed by atoms with van der Waals surface area (Å²) >= 11 is 0. The predicted molar refractivity (Wildman–Crippen MR) is 144 cm³/mol. The van der Waals surface area contributed by atoms with Gasteiger partial charge in [0.1, 0.15) is 13.1 Å². The normalized spacial score (nSPS) is 16.6. The molecule has 1 heterocycles. The van der Waals surface area contributed by atoms with E-state index in [0.29, 0.717) is 30.7 Å². The average Bonchev–Trinajstić information content (AvgIpc) is 3.22. The smallest absolute Gasteiger partial charge is 0.870 e. The molecule has 0 spiro atoms. The summed E-state index contributed by atoms with van der Waals surface area (Å²) in [5, 5.41) is 17.9. The maximum atomic E-state index is 11.2. The molecular weight excluding hydrogens is 506 g/mol. The number of aliphatic imine (C=N–C) groups is 1. The molecule has 0 aromatic carbocycles. The Bertz CT molecular complexity index is 688. The van der Waals surface area contributed by atoms with Gasteiger partial charge in [-0.15, -0.1) is 0 Å². The second-order valence-corrected chi connectivity index (χ2v) is 9.57. The zero-order chi connectivity index (χ0) is 25.6. The summed E-state index contributed by atoms with van der Waals surface area (Å²) in [6, 6.07) is 0. The minimum Gasteiger partial charge on any atom is -0.870 e. The van der Waals surface area contributed by atoms with Gasteiger partial charge in [-0.25, -0.2) is 4.99 Å². The van der Waals surface area contributed by atoms with Crippen molar-refractivity contribution in [2.75, 3.05) is 39.4 Å². The molecule has 0 aliphatic carbocycles. The molecule has 38 heavy (non-hydrogen) atoms. The molecule has 0 saturated carbocycles. The summed E-state index contributed by atoms with van der Waals surface area (Å²) in [6.07, 6.45) is 24.2. The van der Waals surface area contributed by atoms with Crippen LogP contribution < -0.4 is 59.1 Å². The van der Waals surface area contributed by atoms with Crippen LogP contribution in [0.5, 0.6) is 0 Å². The molecule has 0 radical (unpaired) electrons. The van der Waals surface area contributed by atoms with E-state index in [-0.39, 0.29) is 84.0 Å². The van der Waals surface area contributed by atoms with Crippen LogP contribution >= 0.6 is 0 Å². The fourth-order valence-electron chi connectivity index (χ4n) is 4.45. The molecular formula is C28H50N2Na2O6+2. The SMILES string of the molecule is CCCCCCCCCCCCCC=CC=CC1=NCC[N+]1(CCOCCC(=O)O)CCC(=O)O.[Na+].[Na+].[OH-]. The molecule has 1 unspecified atom stereocenters. The molecule has 1 aliphatic heterocycles. The van der Waals surface area contributed by atoms with E-state index >= 15 is 0 Å². The number of carboxylic acid groups (broad SMARTS) is 2. The average molecular weight is 557 g/mol. The molecule has 0 aromatic heterocycles. The molecule has 208 valence electrons. The van der Waals surface area contributed by atoms with E-state index in [4.69, 9.17) is 9.84 Å². The van der Waals surface area contributed by atoms with Crippen LogP contribution in [-0.2, 0) is 14.3 Å². The topological polar surface area (TPSA) is 126 Å². The van der Waals surface area contributed by atoms with E-state index < -0.39 is 11.9 Å². The van der Waals surface area contributed by atoms with Crippen molar-refractivity contribution in [3.8, 4) is 0 Å². The maximum Gasteiger partial charge on any atom is 1.00 e. The first-order valence-corrected chi connectivity index (χ1v) is 13.8. The van der Waals surface area contributed by atoms with Crippen molar-refractivity contribution < 1.29 is 93.6 Å². The molecule has 3 N–H and O–H groups in total. The Balaban J connectivity index is -0.00000408. The zero-order valence-corrected chi connectivity index (χ0v) is 28.4. The number of aliphatic carboxylic acids is 2.